The fourth-order valence-electron chi connectivity index (χ4n) is 3.69. The molecule has 0 bridgehead atoms. The van der Waals surface area contributed by atoms with Crippen molar-refractivity contribution in [3.05, 3.63) is 17.8 Å². The summed E-state index contributed by atoms with van der Waals surface area (Å²) in [6.07, 6.45) is 5.47. The van der Waals surface area contributed by atoms with Crippen molar-refractivity contribution >= 4 is 5.91 Å². The molecule has 1 N–H and O–H groups in total. The summed E-state index contributed by atoms with van der Waals surface area (Å²) < 4.78 is 5.14. The summed E-state index contributed by atoms with van der Waals surface area (Å²) in [5, 5.41) is 3.19. The Bertz CT molecular complexity index is 522. The van der Waals surface area contributed by atoms with Gasteiger partial charge in [-0.2, -0.15) is 0 Å². The Labute approximate surface area is 132 Å². The van der Waals surface area contributed by atoms with Crippen LogP contribution in [0.15, 0.2) is 10.8 Å². The largest absolute Gasteiger partial charge is 0.448 e. The lowest BCUT2D eigenvalue weighted by atomic mass is 9.85. The van der Waals surface area contributed by atoms with Gasteiger partial charge >= 0.3 is 0 Å². The highest BCUT2D eigenvalue weighted by Crippen LogP contribution is 2.31. The first kappa shape index (κ1) is 15.5. The summed E-state index contributed by atoms with van der Waals surface area (Å²) in [6, 6.07) is 0.212. The highest BCUT2D eigenvalue weighted by Gasteiger charge is 2.37. The maximum atomic E-state index is 12.4. The van der Waals surface area contributed by atoms with Gasteiger partial charge in [-0.15, -0.1) is 0 Å². The van der Waals surface area contributed by atoms with Gasteiger partial charge in [0.05, 0.1) is 0 Å². The number of likely N-dealkylation sites (tertiary alicyclic amines) is 1. The van der Waals surface area contributed by atoms with Crippen molar-refractivity contribution in [3.8, 4) is 0 Å². The van der Waals surface area contributed by atoms with Crippen molar-refractivity contribution in [2.24, 2.45) is 17.8 Å². The van der Waals surface area contributed by atoms with Crippen LogP contribution in [0, 0.1) is 24.7 Å². The van der Waals surface area contributed by atoms with Crippen molar-refractivity contribution in [2.75, 3.05) is 19.6 Å². The van der Waals surface area contributed by atoms with Crippen LogP contribution in [0.2, 0.25) is 0 Å². The number of amides is 1. The zero-order chi connectivity index (χ0) is 15.7. The van der Waals surface area contributed by atoms with Gasteiger partial charge in [-0.05, 0) is 37.5 Å². The van der Waals surface area contributed by atoms with Gasteiger partial charge in [0.15, 0.2) is 12.1 Å². The van der Waals surface area contributed by atoms with Crippen molar-refractivity contribution in [2.45, 2.75) is 46.1 Å². The van der Waals surface area contributed by atoms with Crippen LogP contribution >= 0.6 is 0 Å². The molecule has 22 heavy (non-hydrogen) atoms. The topological polar surface area (TPSA) is 58.4 Å². The fourth-order valence-corrected chi connectivity index (χ4v) is 3.69. The van der Waals surface area contributed by atoms with E-state index in [0.717, 1.165) is 19.0 Å². The zero-order valence-electron chi connectivity index (χ0n) is 13.8. The third-order valence-corrected chi connectivity index (χ3v) is 5.31. The lowest BCUT2D eigenvalue weighted by Crippen LogP contribution is -2.42. The third kappa shape index (κ3) is 3.19. The van der Waals surface area contributed by atoms with Crippen LogP contribution < -0.4 is 5.32 Å². The van der Waals surface area contributed by atoms with Crippen molar-refractivity contribution in [1.29, 1.82) is 0 Å². The predicted octanol–water partition coefficient (Wildman–Crippen LogP) is 2.47. The lowest BCUT2D eigenvalue weighted by molar-refractivity contribution is 0.0919. The van der Waals surface area contributed by atoms with E-state index in [1.54, 1.807) is 6.92 Å². The minimum Gasteiger partial charge on any atom is -0.448 e. The molecule has 0 unspecified atom stereocenters. The van der Waals surface area contributed by atoms with Crippen LogP contribution in [0.5, 0.6) is 0 Å². The van der Waals surface area contributed by atoms with Crippen LogP contribution in [-0.2, 0) is 0 Å². The molecule has 1 aliphatic carbocycles. The Balaban J connectivity index is 1.62. The molecule has 2 atom stereocenters. The van der Waals surface area contributed by atoms with E-state index < -0.39 is 0 Å². The number of nitrogens with zero attached hydrogens (tertiary/aromatic N) is 2. The zero-order valence-corrected chi connectivity index (χ0v) is 13.8. The van der Waals surface area contributed by atoms with E-state index in [-0.39, 0.29) is 11.9 Å². The van der Waals surface area contributed by atoms with Gasteiger partial charge in [0.2, 0.25) is 0 Å². The highest BCUT2D eigenvalue weighted by molar-refractivity contribution is 5.93. The molecule has 0 aromatic carbocycles. The van der Waals surface area contributed by atoms with Crippen LogP contribution in [-0.4, -0.2) is 41.5 Å². The van der Waals surface area contributed by atoms with Gasteiger partial charge in [-0.25, -0.2) is 4.98 Å². The number of carbonyl (C=O) groups is 1. The minimum atomic E-state index is -0.104. The Kier molecular flexibility index (Phi) is 4.52. The van der Waals surface area contributed by atoms with E-state index in [0.29, 0.717) is 23.3 Å². The molecule has 5 nitrogen and oxygen atoms in total. The molecule has 1 aromatic rings. The molecule has 3 rings (SSSR count). The molecule has 1 amide bonds. The van der Waals surface area contributed by atoms with Gasteiger partial charge < -0.3 is 14.6 Å². The van der Waals surface area contributed by atoms with E-state index in [9.17, 15) is 4.79 Å². The second-order valence-electron chi connectivity index (χ2n) is 7.26. The SMILES string of the molecule is Cc1ocnc1C(=O)N[C@H]1CN(CC2CCC2)C[C@@H]1C(C)C. The van der Waals surface area contributed by atoms with E-state index in [2.05, 4.69) is 29.0 Å². The van der Waals surface area contributed by atoms with E-state index in [1.165, 1.54) is 32.2 Å². The van der Waals surface area contributed by atoms with Crippen LogP contribution in [0.4, 0.5) is 0 Å². The average molecular weight is 305 g/mol. The van der Waals surface area contributed by atoms with Crippen LogP contribution in [0.25, 0.3) is 0 Å². The number of hydrogen-bond donors (Lipinski definition) is 1. The summed E-state index contributed by atoms with van der Waals surface area (Å²) in [5.41, 5.74) is 0.417. The fraction of sp³-hybridized carbons (Fsp3) is 0.765. The molecule has 2 aliphatic rings. The van der Waals surface area contributed by atoms with Crippen LogP contribution in [0.3, 0.4) is 0 Å². The molecule has 122 valence electrons. The van der Waals surface area contributed by atoms with E-state index in [4.69, 9.17) is 4.42 Å². The summed E-state index contributed by atoms with van der Waals surface area (Å²) in [6.45, 7) is 9.52. The summed E-state index contributed by atoms with van der Waals surface area (Å²) in [5.74, 6) is 2.43. The van der Waals surface area contributed by atoms with Gasteiger partial charge in [-0.1, -0.05) is 20.3 Å². The normalized spacial score (nSPS) is 26.4. The Morgan fingerprint density at radius 1 is 1.45 bits per heavy atom. The Morgan fingerprint density at radius 2 is 2.23 bits per heavy atom. The average Bonchev–Trinajstić information content (AvgIpc) is 3.00. The molecule has 2 heterocycles. The lowest BCUT2D eigenvalue weighted by Gasteiger charge is -2.30. The molecule has 0 spiro atoms. The van der Waals surface area contributed by atoms with Gasteiger partial charge in [0, 0.05) is 25.7 Å². The first-order valence-electron chi connectivity index (χ1n) is 8.48. The molecule has 1 aliphatic heterocycles. The molecular formula is C17H27N3O2. The first-order valence-corrected chi connectivity index (χ1v) is 8.48. The van der Waals surface area contributed by atoms with Crippen molar-refractivity contribution < 1.29 is 9.21 Å². The van der Waals surface area contributed by atoms with Crippen molar-refractivity contribution in [1.82, 2.24) is 15.2 Å². The second-order valence-corrected chi connectivity index (χ2v) is 7.26. The number of aromatic nitrogens is 1. The number of nitrogens with one attached hydrogen (secondary N) is 1. The van der Waals surface area contributed by atoms with Gasteiger partial charge in [0.25, 0.3) is 5.91 Å². The van der Waals surface area contributed by atoms with Crippen molar-refractivity contribution in [3.63, 3.8) is 0 Å². The summed E-state index contributed by atoms with van der Waals surface area (Å²) in [4.78, 5) is 19.0. The number of hydrogen-bond acceptors (Lipinski definition) is 4. The highest BCUT2D eigenvalue weighted by atomic mass is 16.3. The van der Waals surface area contributed by atoms with Gasteiger partial charge in [0.1, 0.15) is 5.76 Å². The Hall–Kier alpha value is -1.36. The maximum Gasteiger partial charge on any atom is 0.273 e. The molecular weight excluding hydrogens is 278 g/mol. The number of oxazole rings is 1. The maximum absolute atomic E-state index is 12.4. The molecule has 2 fully saturated rings. The molecule has 1 aromatic heterocycles. The molecule has 1 saturated heterocycles. The molecule has 0 radical (unpaired) electrons. The minimum absolute atomic E-state index is 0.104. The monoisotopic (exact) mass is 305 g/mol. The third-order valence-electron chi connectivity index (χ3n) is 5.31. The quantitative estimate of drug-likeness (QED) is 0.908. The summed E-state index contributed by atoms with van der Waals surface area (Å²) in [7, 11) is 0. The first-order chi connectivity index (χ1) is 10.5. The van der Waals surface area contributed by atoms with Gasteiger partial charge in [-0.3, -0.25) is 4.79 Å². The molecule has 5 heteroatoms. The molecule has 1 saturated carbocycles. The van der Waals surface area contributed by atoms with E-state index >= 15 is 0 Å². The standard InChI is InChI=1S/C17H27N3O2/c1-11(2)14-8-20(7-13-5-4-6-13)9-15(14)19-17(21)16-12(3)22-10-18-16/h10-11,13-15H,4-9H2,1-3H3,(H,19,21)/t14-,15+/m1/s1. The number of aryl methyl sites for hydroxylation is 1. The second kappa shape index (κ2) is 6.41. The summed E-state index contributed by atoms with van der Waals surface area (Å²) >= 11 is 0. The smallest absolute Gasteiger partial charge is 0.273 e. The number of carbonyl (C=O) groups excluding carboxylic acids is 1. The predicted molar refractivity (Wildman–Crippen MR) is 84.6 cm³/mol. The van der Waals surface area contributed by atoms with Crippen LogP contribution in [0.1, 0.15) is 49.4 Å². The van der Waals surface area contributed by atoms with E-state index in [1.807, 2.05) is 0 Å². The number of rotatable bonds is 5. The Morgan fingerprint density at radius 3 is 2.77 bits per heavy atom.